The Morgan fingerprint density at radius 1 is 1.08 bits per heavy atom. The van der Waals surface area contributed by atoms with Crippen molar-refractivity contribution >= 4 is 50.0 Å². The van der Waals surface area contributed by atoms with E-state index in [9.17, 15) is 27.6 Å². The number of nitrogens with zero attached hydrogens (tertiary/aromatic N) is 1. The first kappa shape index (κ1) is 28.3. The van der Waals surface area contributed by atoms with Crippen molar-refractivity contribution in [3.63, 3.8) is 0 Å². The first-order valence-corrected chi connectivity index (χ1v) is 13.7. The van der Waals surface area contributed by atoms with Gasteiger partial charge in [0.25, 0.3) is 5.91 Å². The molecule has 0 bridgehead atoms. The lowest BCUT2D eigenvalue weighted by molar-refractivity contribution is -0.119. The summed E-state index contributed by atoms with van der Waals surface area (Å²) in [6.07, 6.45) is 1.49. The highest BCUT2D eigenvalue weighted by molar-refractivity contribution is 7.89. The fraction of sp³-hybridized carbons (Fsp3) is 0.417. The zero-order valence-electron chi connectivity index (χ0n) is 20.9. The number of amides is 1. The summed E-state index contributed by atoms with van der Waals surface area (Å²) >= 11 is 0.920. The maximum absolute atomic E-state index is 13.0. The number of benzene rings is 1. The fourth-order valence-corrected chi connectivity index (χ4v) is 6.64. The second kappa shape index (κ2) is 11.8. The highest BCUT2D eigenvalue weighted by atomic mass is 32.2. The summed E-state index contributed by atoms with van der Waals surface area (Å²) in [4.78, 5) is 49.6. The maximum atomic E-state index is 13.0. The molecule has 0 aliphatic carbocycles. The second-order valence-electron chi connectivity index (χ2n) is 8.14. The Hall–Kier alpha value is -3.29. The van der Waals surface area contributed by atoms with Crippen molar-refractivity contribution in [1.29, 1.82) is 0 Å². The number of Topliss-reactive ketones (excluding diaryl/α,β-unsaturated/α-hetero) is 1. The molecule has 13 heteroatoms. The van der Waals surface area contributed by atoms with Gasteiger partial charge < -0.3 is 19.5 Å². The van der Waals surface area contributed by atoms with Crippen LogP contribution < -0.4 is 10.1 Å². The van der Waals surface area contributed by atoms with Gasteiger partial charge in [0.2, 0.25) is 10.0 Å². The summed E-state index contributed by atoms with van der Waals surface area (Å²) in [7, 11) is -2.56. The lowest BCUT2D eigenvalue weighted by Gasteiger charge is -2.18. The summed E-state index contributed by atoms with van der Waals surface area (Å²) in [5.74, 6) is -2.57. The molecule has 1 aliphatic heterocycles. The van der Waals surface area contributed by atoms with E-state index in [1.807, 2.05) is 0 Å². The molecular formula is C24H28N2O9S2. The van der Waals surface area contributed by atoms with Crippen LogP contribution >= 0.6 is 11.3 Å². The van der Waals surface area contributed by atoms with Crippen LogP contribution in [0.3, 0.4) is 0 Å². The van der Waals surface area contributed by atoms with E-state index in [0.29, 0.717) is 23.5 Å². The number of sulfonamides is 1. The third-order valence-electron chi connectivity index (χ3n) is 5.62. The molecule has 0 radical (unpaired) electrons. The molecule has 200 valence electrons. The molecule has 0 unspecified atom stereocenters. The summed E-state index contributed by atoms with van der Waals surface area (Å²) in [6.45, 7) is 4.69. The van der Waals surface area contributed by atoms with Gasteiger partial charge in [-0.25, -0.2) is 18.0 Å². The number of esters is 2. The second-order valence-corrected chi connectivity index (χ2v) is 11.1. The number of rotatable bonds is 10. The van der Waals surface area contributed by atoms with Crippen molar-refractivity contribution in [3.8, 4) is 5.75 Å². The number of hydrogen-bond acceptors (Lipinski definition) is 10. The van der Waals surface area contributed by atoms with Gasteiger partial charge in [0.15, 0.2) is 12.4 Å². The molecule has 2 aromatic rings. The molecule has 0 spiro atoms. The summed E-state index contributed by atoms with van der Waals surface area (Å²) in [5.41, 5.74) is 0.362. The molecule has 37 heavy (non-hydrogen) atoms. The number of hydrogen-bond donors (Lipinski definition) is 1. The predicted octanol–water partition coefficient (Wildman–Crippen LogP) is 3.02. The molecule has 2 heterocycles. The SMILES string of the molecule is CCOC(=O)c1c(NC(=O)COC(=O)c2ccc(OC)c(S(=O)(=O)N3CCCC3)c2)sc(C(C)=O)c1C. The minimum absolute atomic E-state index is 0.0589. The lowest BCUT2D eigenvalue weighted by atomic mass is 10.1. The van der Waals surface area contributed by atoms with Gasteiger partial charge in [0.1, 0.15) is 15.6 Å². The van der Waals surface area contributed by atoms with E-state index in [0.717, 1.165) is 30.2 Å². The van der Waals surface area contributed by atoms with Crippen molar-refractivity contribution in [2.24, 2.45) is 0 Å². The predicted molar refractivity (Wildman–Crippen MR) is 135 cm³/mol. The van der Waals surface area contributed by atoms with Gasteiger partial charge in [-0.05, 0) is 57.4 Å². The number of anilines is 1. The van der Waals surface area contributed by atoms with Crippen LogP contribution in [-0.2, 0) is 24.3 Å². The van der Waals surface area contributed by atoms with Gasteiger partial charge in [-0.3, -0.25) is 9.59 Å². The molecule has 3 rings (SSSR count). The molecule has 1 aromatic carbocycles. The largest absolute Gasteiger partial charge is 0.495 e. The van der Waals surface area contributed by atoms with Crippen LogP contribution in [0.25, 0.3) is 0 Å². The molecule has 1 N–H and O–H groups in total. The average Bonchev–Trinajstić information content (AvgIpc) is 3.51. The van der Waals surface area contributed by atoms with Crippen molar-refractivity contribution in [2.75, 3.05) is 38.7 Å². The summed E-state index contributed by atoms with van der Waals surface area (Å²) in [6, 6.07) is 3.85. The Balaban J connectivity index is 1.75. The van der Waals surface area contributed by atoms with Crippen LogP contribution in [-0.4, -0.2) is 69.8 Å². The van der Waals surface area contributed by atoms with Crippen LogP contribution in [0.5, 0.6) is 5.75 Å². The van der Waals surface area contributed by atoms with Gasteiger partial charge in [-0.1, -0.05) is 0 Å². The van der Waals surface area contributed by atoms with Gasteiger partial charge in [-0.2, -0.15) is 4.31 Å². The van der Waals surface area contributed by atoms with E-state index in [1.54, 1.807) is 13.8 Å². The van der Waals surface area contributed by atoms with Crippen molar-refractivity contribution in [3.05, 3.63) is 39.8 Å². The lowest BCUT2D eigenvalue weighted by Crippen LogP contribution is -2.28. The summed E-state index contributed by atoms with van der Waals surface area (Å²) in [5, 5.41) is 2.59. The van der Waals surface area contributed by atoms with Gasteiger partial charge in [-0.15, -0.1) is 11.3 Å². The highest BCUT2D eigenvalue weighted by Gasteiger charge is 2.31. The van der Waals surface area contributed by atoms with Crippen molar-refractivity contribution in [2.45, 2.75) is 38.5 Å². The first-order valence-electron chi connectivity index (χ1n) is 11.5. The Kier molecular flexibility index (Phi) is 9.05. The standard InChI is InChI=1S/C24H28N2O9S2/c1-5-34-24(30)20-14(2)21(15(3)27)36-22(20)25-19(28)13-35-23(29)16-8-9-17(33-4)18(12-16)37(31,32)26-10-6-7-11-26/h8-9,12H,5-7,10-11,13H2,1-4H3,(H,25,28). The number of carbonyl (C=O) groups is 4. The Labute approximate surface area is 218 Å². The molecule has 0 atom stereocenters. The van der Waals surface area contributed by atoms with E-state index in [1.165, 1.54) is 30.5 Å². The zero-order chi connectivity index (χ0) is 27.3. The van der Waals surface area contributed by atoms with Gasteiger partial charge >= 0.3 is 11.9 Å². The van der Waals surface area contributed by atoms with E-state index < -0.39 is 34.5 Å². The van der Waals surface area contributed by atoms with E-state index >= 15 is 0 Å². The number of thiophene rings is 1. The average molecular weight is 553 g/mol. The maximum Gasteiger partial charge on any atom is 0.341 e. The van der Waals surface area contributed by atoms with E-state index in [4.69, 9.17) is 14.2 Å². The van der Waals surface area contributed by atoms with Gasteiger partial charge in [0, 0.05) is 13.1 Å². The number of methoxy groups -OCH3 is 1. The first-order chi connectivity index (χ1) is 17.5. The van der Waals surface area contributed by atoms with Crippen LogP contribution in [0.15, 0.2) is 23.1 Å². The van der Waals surface area contributed by atoms with E-state index in [-0.39, 0.29) is 39.2 Å². The number of ketones is 1. The van der Waals surface area contributed by atoms with Crippen molar-refractivity contribution in [1.82, 2.24) is 4.31 Å². The van der Waals surface area contributed by atoms with Crippen LogP contribution in [0.2, 0.25) is 0 Å². The third-order valence-corrected chi connectivity index (χ3v) is 8.84. The smallest absolute Gasteiger partial charge is 0.341 e. The summed E-state index contributed by atoms with van der Waals surface area (Å²) < 4.78 is 42.7. The fourth-order valence-electron chi connectivity index (χ4n) is 3.84. The van der Waals surface area contributed by atoms with Crippen LogP contribution in [0.1, 0.15) is 62.6 Å². The van der Waals surface area contributed by atoms with Crippen LogP contribution in [0, 0.1) is 6.92 Å². The zero-order valence-corrected chi connectivity index (χ0v) is 22.5. The topological polar surface area (TPSA) is 145 Å². The molecule has 1 aliphatic rings. The highest BCUT2D eigenvalue weighted by Crippen LogP contribution is 2.34. The van der Waals surface area contributed by atoms with E-state index in [2.05, 4.69) is 5.32 Å². The Morgan fingerprint density at radius 3 is 2.35 bits per heavy atom. The normalized spacial score (nSPS) is 13.7. The quantitative estimate of drug-likeness (QED) is 0.347. The molecular weight excluding hydrogens is 524 g/mol. The number of nitrogens with one attached hydrogen (secondary N) is 1. The number of ether oxygens (including phenoxy) is 3. The number of carbonyl (C=O) groups excluding carboxylic acids is 4. The minimum atomic E-state index is -3.88. The Morgan fingerprint density at radius 2 is 1.76 bits per heavy atom. The molecule has 1 aromatic heterocycles. The molecule has 11 nitrogen and oxygen atoms in total. The van der Waals surface area contributed by atoms with Crippen LogP contribution in [0.4, 0.5) is 5.00 Å². The molecule has 1 saturated heterocycles. The molecule has 0 saturated carbocycles. The minimum Gasteiger partial charge on any atom is -0.495 e. The third kappa shape index (κ3) is 6.17. The monoisotopic (exact) mass is 552 g/mol. The van der Waals surface area contributed by atoms with Gasteiger partial charge in [0.05, 0.1) is 29.7 Å². The van der Waals surface area contributed by atoms with Crippen molar-refractivity contribution < 1.29 is 41.8 Å². The molecule has 1 amide bonds. The Bertz CT molecular complexity index is 1330. The molecule has 1 fully saturated rings.